The maximum Gasteiger partial charge on any atom is 0.191 e. The number of rotatable bonds is 7. The maximum atomic E-state index is 12.3. The zero-order chi connectivity index (χ0) is 21.6. The Labute approximate surface area is 183 Å². The Morgan fingerprint density at radius 1 is 1.20 bits per heavy atom. The lowest BCUT2D eigenvalue weighted by Crippen LogP contribution is -2.47. The number of guanidine groups is 1. The minimum absolute atomic E-state index is 0.142. The number of nitrogens with one attached hydrogen (secondary N) is 2. The third kappa shape index (κ3) is 5.90. The highest BCUT2D eigenvalue weighted by molar-refractivity contribution is 7.85. The van der Waals surface area contributed by atoms with Crippen LogP contribution in [0.5, 0.6) is 11.5 Å². The van der Waals surface area contributed by atoms with Crippen LogP contribution in [0, 0.1) is 0 Å². The molecule has 0 bridgehead atoms. The number of nitrogens with zero attached hydrogens (tertiary/aromatic N) is 1. The molecule has 3 atom stereocenters. The Morgan fingerprint density at radius 3 is 2.70 bits per heavy atom. The molecule has 30 heavy (non-hydrogen) atoms. The van der Waals surface area contributed by atoms with Crippen LogP contribution in [0.15, 0.2) is 23.2 Å². The van der Waals surface area contributed by atoms with Crippen molar-refractivity contribution >= 4 is 16.8 Å². The highest BCUT2D eigenvalue weighted by Gasteiger charge is 2.27. The second-order valence-corrected chi connectivity index (χ2v) is 10.7. The van der Waals surface area contributed by atoms with Crippen molar-refractivity contribution in [2.75, 3.05) is 32.1 Å². The van der Waals surface area contributed by atoms with Crippen LogP contribution in [0.1, 0.15) is 58.9 Å². The van der Waals surface area contributed by atoms with Crippen molar-refractivity contribution in [1.29, 1.82) is 0 Å². The highest BCUT2D eigenvalue weighted by Crippen LogP contribution is 2.35. The monoisotopic (exact) mass is 435 g/mol. The SMILES string of the molecule is CCNC(=NCC(C)(C)c1ccc2c(c1)OCCO2)NC1CCCC(S(=O)CC)C1. The molecule has 1 aliphatic heterocycles. The summed E-state index contributed by atoms with van der Waals surface area (Å²) < 4.78 is 23.7. The van der Waals surface area contributed by atoms with Crippen molar-refractivity contribution < 1.29 is 13.7 Å². The lowest BCUT2D eigenvalue weighted by Gasteiger charge is -2.31. The Bertz CT molecular complexity index is 766. The minimum Gasteiger partial charge on any atom is -0.486 e. The van der Waals surface area contributed by atoms with Gasteiger partial charge in [-0.2, -0.15) is 0 Å². The molecule has 1 saturated carbocycles. The van der Waals surface area contributed by atoms with Crippen LogP contribution < -0.4 is 20.1 Å². The third-order valence-electron chi connectivity index (χ3n) is 5.92. The van der Waals surface area contributed by atoms with Gasteiger partial charge in [0.2, 0.25) is 0 Å². The van der Waals surface area contributed by atoms with E-state index in [1.807, 2.05) is 13.0 Å². The second kappa shape index (κ2) is 10.5. The Morgan fingerprint density at radius 2 is 1.97 bits per heavy atom. The first-order valence-corrected chi connectivity index (χ1v) is 12.6. The normalized spacial score (nSPS) is 23.0. The van der Waals surface area contributed by atoms with E-state index in [0.29, 0.717) is 31.1 Å². The summed E-state index contributed by atoms with van der Waals surface area (Å²) >= 11 is 0. The molecule has 0 spiro atoms. The Balaban J connectivity index is 1.66. The number of hydrogen-bond acceptors (Lipinski definition) is 4. The maximum absolute atomic E-state index is 12.3. The van der Waals surface area contributed by atoms with Crippen molar-refractivity contribution in [3.05, 3.63) is 23.8 Å². The smallest absolute Gasteiger partial charge is 0.191 e. The van der Waals surface area contributed by atoms with E-state index >= 15 is 0 Å². The number of ether oxygens (including phenoxy) is 2. The lowest BCUT2D eigenvalue weighted by molar-refractivity contribution is 0.171. The standard InChI is InChI=1S/C23H37N3O3S/c1-5-24-22(26-18-8-7-9-19(15-18)30(27)6-2)25-16-23(3,4)17-10-11-20-21(14-17)29-13-12-28-20/h10-11,14,18-19H,5-9,12-13,15-16H2,1-4H3,(H2,24,25,26). The quantitative estimate of drug-likeness (QED) is 0.508. The van der Waals surface area contributed by atoms with Crippen molar-refractivity contribution in [3.8, 4) is 11.5 Å². The van der Waals surface area contributed by atoms with Gasteiger partial charge in [0.25, 0.3) is 0 Å². The largest absolute Gasteiger partial charge is 0.486 e. The molecule has 1 heterocycles. The van der Waals surface area contributed by atoms with Gasteiger partial charge in [-0.1, -0.05) is 33.3 Å². The molecule has 0 amide bonds. The average Bonchev–Trinajstić information content (AvgIpc) is 2.77. The summed E-state index contributed by atoms with van der Waals surface area (Å²) in [5, 5.41) is 7.28. The van der Waals surface area contributed by atoms with Gasteiger partial charge >= 0.3 is 0 Å². The first-order valence-electron chi connectivity index (χ1n) is 11.2. The van der Waals surface area contributed by atoms with Crippen molar-refractivity contribution in [2.24, 2.45) is 4.99 Å². The van der Waals surface area contributed by atoms with Crippen LogP contribution in [-0.4, -0.2) is 53.5 Å². The van der Waals surface area contributed by atoms with Crippen LogP contribution in [0.2, 0.25) is 0 Å². The molecule has 2 N–H and O–H groups in total. The summed E-state index contributed by atoms with van der Waals surface area (Å²) in [7, 11) is -0.719. The fourth-order valence-electron chi connectivity index (χ4n) is 4.10. The fraction of sp³-hybridized carbons (Fsp3) is 0.696. The van der Waals surface area contributed by atoms with Crippen LogP contribution in [0.25, 0.3) is 0 Å². The zero-order valence-electron chi connectivity index (χ0n) is 18.8. The van der Waals surface area contributed by atoms with Crippen molar-refractivity contribution in [3.63, 3.8) is 0 Å². The molecule has 0 saturated heterocycles. The summed E-state index contributed by atoms with van der Waals surface area (Å²) in [6.45, 7) is 11.2. The fourth-order valence-corrected chi connectivity index (χ4v) is 5.44. The van der Waals surface area contributed by atoms with E-state index in [1.165, 1.54) is 5.56 Å². The van der Waals surface area contributed by atoms with E-state index in [2.05, 4.69) is 43.5 Å². The van der Waals surface area contributed by atoms with Gasteiger partial charge in [0.1, 0.15) is 13.2 Å². The number of aliphatic imine (C=N–C) groups is 1. The summed E-state index contributed by atoms with van der Waals surface area (Å²) in [5.41, 5.74) is 1.04. The van der Waals surface area contributed by atoms with Crippen LogP contribution in [-0.2, 0) is 16.2 Å². The van der Waals surface area contributed by atoms with Crippen molar-refractivity contribution in [1.82, 2.24) is 10.6 Å². The lowest BCUT2D eigenvalue weighted by atomic mass is 9.84. The van der Waals surface area contributed by atoms with E-state index in [9.17, 15) is 4.21 Å². The molecule has 1 fully saturated rings. The predicted molar refractivity (Wildman–Crippen MR) is 124 cm³/mol. The van der Waals surface area contributed by atoms with Gasteiger partial charge in [-0.3, -0.25) is 9.20 Å². The Kier molecular flexibility index (Phi) is 8.03. The molecule has 1 aliphatic carbocycles. The molecule has 1 aromatic carbocycles. The molecule has 1 aromatic rings. The van der Waals surface area contributed by atoms with Crippen LogP contribution in [0.3, 0.4) is 0 Å². The predicted octanol–water partition coefficient (Wildman–Crippen LogP) is 3.37. The molecule has 168 valence electrons. The van der Waals surface area contributed by atoms with Gasteiger partial charge in [-0.15, -0.1) is 0 Å². The molecule has 6 nitrogen and oxygen atoms in total. The van der Waals surface area contributed by atoms with E-state index in [1.54, 1.807) is 0 Å². The van der Waals surface area contributed by atoms with Gasteiger partial charge in [0, 0.05) is 39.8 Å². The molecular formula is C23H37N3O3S. The first kappa shape index (κ1) is 22.9. The number of hydrogen-bond donors (Lipinski definition) is 2. The number of fused-ring (bicyclic) bond motifs is 1. The molecule has 2 aliphatic rings. The van der Waals surface area contributed by atoms with Crippen LogP contribution in [0.4, 0.5) is 0 Å². The number of benzene rings is 1. The minimum atomic E-state index is -0.719. The molecule has 3 unspecified atom stereocenters. The van der Waals surface area contributed by atoms with Gasteiger partial charge in [-0.25, -0.2) is 0 Å². The Hall–Kier alpha value is -1.76. The van der Waals surface area contributed by atoms with Gasteiger partial charge in [-0.05, 0) is 43.9 Å². The molecule has 0 radical (unpaired) electrons. The average molecular weight is 436 g/mol. The zero-order valence-corrected chi connectivity index (χ0v) is 19.6. The van der Waals surface area contributed by atoms with E-state index in [0.717, 1.165) is 55.4 Å². The van der Waals surface area contributed by atoms with E-state index in [-0.39, 0.29) is 5.41 Å². The molecule has 7 heteroatoms. The molecular weight excluding hydrogens is 398 g/mol. The van der Waals surface area contributed by atoms with Gasteiger partial charge in [0.15, 0.2) is 17.5 Å². The van der Waals surface area contributed by atoms with E-state index < -0.39 is 10.8 Å². The molecule has 0 aromatic heterocycles. The highest BCUT2D eigenvalue weighted by atomic mass is 32.2. The summed E-state index contributed by atoms with van der Waals surface area (Å²) in [5.74, 6) is 3.22. The van der Waals surface area contributed by atoms with Gasteiger partial charge < -0.3 is 20.1 Å². The van der Waals surface area contributed by atoms with Crippen molar-refractivity contribution in [2.45, 2.75) is 70.1 Å². The van der Waals surface area contributed by atoms with Crippen LogP contribution >= 0.6 is 0 Å². The van der Waals surface area contributed by atoms with E-state index in [4.69, 9.17) is 14.5 Å². The third-order valence-corrected chi connectivity index (χ3v) is 7.66. The van der Waals surface area contributed by atoms with Gasteiger partial charge in [0.05, 0.1) is 6.54 Å². The summed E-state index contributed by atoms with van der Waals surface area (Å²) in [4.78, 5) is 4.90. The molecule has 3 rings (SSSR count). The first-order chi connectivity index (χ1) is 14.4. The second-order valence-electron chi connectivity index (χ2n) is 8.74. The summed E-state index contributed by atoms with van der Waals surface area (Å²) in [6.07, 6.45) is 4.25. The summed E-state index contributed by atoms with van der Waals surface area (Å²) in [6, 6.07) is 6.51. The topological polar surface area (TPSA) is 72.0 Å².